The number of pyridine rings is 1. The van der Waals surface area contributed by atoms with Gasteiger partial charge in [0.05, 0.1) is 46.1 Å². The van der Waals surface area contributed by atoms with E-state index in [-0.39, 0.29) is 60.1 Å². The summed E-state index contributed by atoms with van der Waals surface area (Å²) in [5, 5.41) is 11.6. The molecule has 3 atom stereocenters. The standard InChI is InChI=1S/C62H69F2N11O7S/c1-37-31-71(32-38(2)75(37)34-53(77)73-29-27-72(28-30-73)48-18-11-16-44-54(69-70(7)56(44)48)45-22-24-52(76)67-58(45)79)35-62(63,64)36-81-49-19-12-14-41(39(49)3)42-21-23-51(66-55(42)59(80)82-61(4,5)6)74-26-25-40-13-10-15-43(46(40)33-74)57(78)68-60-65-47-17-8-9-20-50(47)83-60/h8-21,23,37-38,45H,22,24-36H2,1-7H3,(H,65,68,78)(H,67,76,79)/t37-,38+,45?. The van der Waals surface area contributed by atoms with Crippen molar-refractivity contribution in [2.24, 2.45) is 7.05 Å². The Morgan fingerprint density at radius 3 is 2.33 bits per heavy atom. The highest BCUT2D eigenvalue weighted by molar-refractivity contribution is 7.22. The molecule has 2 N–H and O–H groups in total. The van der Waals surface area contributed by atoms with Gasteiger partial charge in [0, 0.05) is 94.4 Å². The molecule has 4 aliphatic rings. The molecule has 4 aromatic carbocycles. The van der Waals surface area contributed by atoms with Crippen molar-refractivity contribution < 1.29 is 42.2 Å². The van der Waals surface area contributed by atoms with Crippen molar-refractivity contribution in [3.05, 3.63) is 125 Å². The minimum Gasteiger partial charge on any atom is -0.487 e. The van der Waals surface area contributed by atoms with Crippen LogP contribution >= 0.6 is 11.3 Å². The molecule has 7 aromatic rings. The fourth-order valence-electron chi connectivity index (χ4n) is 12.2. The quantitative estimate of drug-likeness (QED) is 0.0778. The highest BCUT2D eigenvalue weighted by Crippen LogP contribution is 2.38. The number of halogens is 2. The minimum atomic E-state index is -3.24. The van der Waals surface area contributed by atoms with Gasteiger partial charge in [0.25, 0.3) is 11.8 Å². The number of anilines is 3. The van der Waals surface area contributed by atoms with E-state index in [0.29, 0.717) is 104 Å². The number of carbonyl (C=O) groups is 5. The number of amides is 4. The zero-order valence-electron chi connectivity index (χ0n) is 47.8. The van der Waals surface area contributed by atoms with E-state index in [1.807, 2.05) is 91.4 Å². The number of piperidine rings is 1. The number of carbonyl (C=O) groups excluding carboxylic acids is 5. The second kappa shape index (κ2) is 23.0. The van der Waals surface area contributed by atoms with Gasteiger partial charge in [-0.3, -0.25) is 44.3 Å². The predicted octanol–water partition coefficient (Wildman–Crippen LogP) is 8.60. The maximum atomic E-state index is 16.1. The summed E-state index contributed by atoms with van der Waals surface area (Å²) in [6.07, 6.45) is 1.30. The van der Waals surface area contributed by atoms with Gasteiger partial charge in [-0.05, 0) is 119 Å². The van der Waals surface area contributed by atoms with Crippen molar-refractivity contribution in [2.45, 2.75) is 96.9 Å². The number of thiazole rings is 1. The van der Waals surface area contributed by atoms with Crippen LogP contribution in [-0.4, -0.2) is 153 Å². The number of alkyl halides is 2. The van der Waals surface area contributed by atoms with Gasteiger partial charge in [-0.2, -0.15) is 5.10 Å². The lowest BCUT2D eigenvalue weighted by Gasteiger charge is -2.45. The lowest BCUT2D eigenvalue weighted by Crippen LogP contribution is -2.61. The van der Waals surface area contributed by atoms with Crippen LogP contribution in [0.1, 0.15) is 96.6 Å². The maximum Gasteiger partial charge on any atom is 0.358 e. The number of nitrogens with zero attached hydrogens (tertiary/aromatic N) is 9. The van der Waals surface area contributed by atoms with Gasteiger partial charge in [-0.25, -0.2) is 23.5 Å². The number of imide groups is 1. The van der Waals surface area contributed by atoms with Crippen LogP contribution in [0.15, 0.2) is 91.0 Å². The van der Waals surface area contributed by atoms with Gasteiger partial charge < -0.3 is 24.2 Å². The van der Waals surface area contributed by atoms with Crippen LogP contribution in [-0.2, 0) is 39.1 Å². The van der Waals surface area contributed by atoms with Crippen molar-refractivity contribution >= 4 is 78.7 Å². The van der Waals surface area contributed by atoms with Gasteiger partial charge in [0.15, 0.2) is 17.4 Å². The zero-order chi connectivity index (χ0) is 58.5. The average Bonchev–Trinajstić information content (AvgIpc) is 3.51. The lowest BCUT2D eigenvalue weighted by atomic mass is 9.92. The normalized spacial score (nSPS) is 19.2. The summed E-state index contributed by atoms with van der Waals surface area (Å²) in [5.41, 5.74) is 6.52. The number of aryl methyl sites for hydroxylation is 1. The molecule has 18 nitrogen and oxygen atoms in total. The van der Waals surface area contributed by atoms with Gasteiger partial charge in [-0.1, -0.05) is 59.9 Å². The number of ether oxygens (including phenoxy) is 2. The first-order valence-electron chi connectivity index (χ1n) is 28.3. The Balaban J connectivity index is 0.711. The summed E-state index contributed by atoms with van der Waals surface area (Å²) in [5.74, 6) is -4.52. The molecule has 7 heterocycles. The third-order valence-electron chi connectivity index (χ3n) is 16.2. The van der Waals surface area contributed by atoms with E-state index in [2.05, 4.69) is 25.4 Å². The van der Waals surface area contributed by atoms with Crippen LogP contribution in [0, 0.1) is 6.92 Å². The van der Waals surface area contributed by atoms with Gasteiger partial charge >= 0.3 is 5.97 Å². The third kappa shape index (κ3) is 12.2. The number of hydrogen-bond donors (Lipinski definition) is 2. The molecular weight excluding hydrogens is 1080 g/mol. The predicted molar refractivity (Wildman–Crippen MR) is 315 cm³/mol. The number of rotatable bonds is 14. The van der Waals surface area contributed by atoms with Crippen LogP contribution in [0.5, 0.6) is 5.75 Å². The van der Waals surface area contributed by atoms with E-state index in [1.165, 1.54) is 11.3 Å². The fourth-order valence-corrected chi connectivity index (χ4v) is 13.1. The van der Waals surface area contributed by atoms with Crippen molar-refractivity contribution in [1.82, 2.24) is 39.8 Å². The summed E-state index contributed by atoms with van der Waals surface area (Å²) in [7, 11) is 1.85. The first-order valence-corrected chi connectivity index (χ1v) is 29.2. The van der Waals surface area contributed by atoms with Crippen LogP contribution in [0.25, 0.3) is 32.2 Å². The smallest absolute Gasteiger partial charge is 0.358 e. The van der Waals surface area contributed by atoms with E-state index in [9.17, 15) is 24.0 Å². The Hall–Kier alpha value is -7.88. The summed E-state index contributed by atoms with van der Waals surface area (Å²) in [6, 6.07) is 27.8. The first kappa shape index (κ1) is 57.0. The molecule has 0 aliphatic carbocycles. The number of nitrogens with one attached hydrogen (secondary N) is 2. The van der Waals surface area contributed by atoms with E-state index >= 15 is 8.78 Å². The fraction of sp³-hybridized carbons (Fsp3) is 0.419. The maximum absolute atomic E-state index is 16.1. The number of esters is 1. The highest BCUT2D eigenvalue weighted by Gasteiger charge is 2.40. The molecule has 83 heavy (non-hydrogen) atoms. The third-order valence-corrected chi connectivity index (χ3v) is 17.2. The van der Waals surface area contributed by atoms with Crippen LogP contribution < -0.4 is 25.2 Å². The van der Waals surface area contributed by atoms with Crippen molar-refractivity contribution in [1.29, 1.82) is 0 Å². The Bertz CT molecular complexity index is 3620. The lowest BCUT2D eigenvalue weighted by molar-refractivity contribution is -0.136. The van der Waals surface area contributed by atoms with E-state index in [1.54, 1.807) is 67.6 Å². The second-order valence-electron chi connectivity index (χ2n) is 23.3. The molecule has 4 aliphatic heterocycles. The van der Waals surface area contributed by atoms with Crippen LogP contribution in [0.4, 0.5) is 25.4 Å². The highest BCUT2D eigenvalue weighted by atomic mass is 32.1. The monoisotopic (exact) mass is 1150 g/mol. The average molecular weight is 1150 g/mol. The Morgan fingerprint density at radius 2 is 1.58 bits per heavy atom. The molecule has 3 aromatic heterocycles. The summed E-state index contributed by atoms with van der Waals surface area (Å²) in [6.45, 7) is 13.6. The molecule has 3 saturated heterocycles. The summed E-state index contributed by atoms with van der Waals surface area (Å²) in [4.78, 5) is 86.0. The van der Waals surface area contributed by atoms with Crippen LogP contribution in [0.3, 0.4) is 0 Å². The number of para-hydroxylation sites is 2. The van der Waals surface area contributed by atoms with Crippen molar-refractivity contribution in [3.63, 3.8) is 0 Å². The van der Waals surface area contributed by atoms with Gasteiger partial charge in [-0.15, -0.1) is 0 Å². The largest absolute Gasteiger partial charge is 0.487 e. The first-order chi connectivity index (χ1) is 39.7. The number of benzene rings is 4. The molecule has 1 unspecified atom stereocenters. The molecule has 0 spiro atoms. The zero-order valence-corrected chi connectivity index (χ0v) is 48.7. The molecule has 3 fully saturated rings. The molecule has 21 heteroatoms. The molecule has 4 amide bonds. The molecule has 0 saturated carbocycles. The Kier molecular flexibility index (Phi) is 15.8. The van der Waals surface area contributed by atoms with E-state index in [0.717, 1.165) is 37.9 Å². The van der Waals surface area contributed by atoms with Gasteiger partial charge in [0.2, 0.25) is 17.7 Å². The Labute approximate surface area is 484 Å². The number of hydrogen-bond acceptors (Lipinski definition) is 15. The molecule has 0 radical (unpaired) electrons. The number of fused-ring (bicyclic) bond motifs is 3. The second-order valence-corrected chi connectivity index (χ2v) is 24.3. The van der Waals surface area contributed by atoms with Crippen molar-refractivity contribution in [3.8, 4) is 16.9 Å². The topological polar surface area (TPSA) is 188 Å². The van der Waals surface area contributed by atoms with Crippen molar-refractivity contribution in [2.75, 3.05) is 80.6 Å². The molecule has 11 rings (SSSR count). The van der Waals surface area contributed by atoms with Crippen LogP contribution in [0.2, 0.25) is 0 Å². The molecular formula is C62H69F2N11O7S. The number of piperazine rings is 2. The Morgan fingerprint density at radius 1 is 0.831 bits per heavy atom. The van der Waals surface area contributed by atoms with E-state index in [4.69, 9.17) is 19.6 Å². The molecule has 434 valence electrons. The van der Waals surface area contributed by atoms with Gasteiger partial charge in [0.1, 0.15) is 17.2 Å². The SMILES string of the molecule is Cc1c(OCC(F)(F)CN2C[C@@H](C)N(CC(=O)N3CCN(c4cccc5c(C6CCC(=O)NC6=O)nn(C)c45)CC3)[C@@H](C)C2)cccc1-c1ccc(N2CCc3cccc(C(=O)Nc4nc5ccccc5s4)c3C2)nc1C(=O)OC(C)(C)C. The van der Waals surface area contributed by atoms with E-state index < -0.39 is 36.6 Å². The summed E-state index contributed by atoms with van der Waals surface area (Å²) < 4.78 is 46.8. The summed E-state index contributed by atoms with van der Waals surface area (Å²) >= 11 is 1.41. The number of aromatic nitrogens is 4. The molecule has 0 bridgehead atoms. The minimum absolute atomic E-state index is 0.0103.